The van der Waals surface area contributed by atoms with Gasteiger partial charge in [0.2, 0.25) is 11.8 Å². The van der Waals surface area contributed by atoms with Crippen LogP contribution in [0.3, 0.4) is 0 Å². The summed E-state index contributed by atoms with van der Waals surface area (Å²) >= 11 is 0. The fourth-order valence-corrected chi connectivity index (χ4v) is 7.04. The molecule has 7 nitrogen and oxygen atoms in total. The third-order valence-electron chi connectivity index (χ3n) is 7.97. The number of carbonyl (C=O) groups is 2. The van der Waals surface area contributed by atoms with Gasteiger partial charge in [0.05, 0.1) is 10.6 Å². The van der Waals surface area contributed by atoms with Crippen molar-refractivity contribution in [3.63, 3.8) is 0 Å². The highest BCUT2D eigenvalue weighted by Crippen LogP contribution is 2.27. The van der Waals surface area contributed by atoms with E-state index < -0.39 is 40.2 Å². The second-order valence-electron chi connectivity index (χ2n) is 11.1. The van der Waals surface area contributed by atoms with Crippen molar-refractivity contribution in [2.75, 3.05) is 10.8 Å². The molecule has 0 bridgehead atoms. The number of benzene rings is 4. The molecule has 1 aliphatic rings. The lowest BCUT2D eigenvalue weighted by Crippen LogP contribution is -2.54. The molecule has 0 saturated heterocycles. The number of para-hydroxylation sites is 1. The Morgan fingerprint density at radius 1 is 0.778 bits per heavy atom. The van der Waals surface area contributed by atoms with Crippen LogP contribution < -0.4 is 9.62 Å². The zero-order chi connectivity index (χ0) is 31.8. The van der Waals surface area contributed by atoms with Crippen LogP contribution in [0.25, 0.3) is 0 Å². The Morgan fingerprint density at radius 2 is 1.38 bits per heavy atom. The van der Waals surface area contributed by atoms with E-state index in [1.165, 1.54) is 59.5 Å². The molecule has 1 atom stereocenters. The maximum atomic E-state index is 15.2. The van der Waals surface area contributed by atoms with Crippen molar-refractivity contribution in [2.24, 2.45) is 0 Å². The molecule has 234 valence electrons. The average molecular weight is 632 g/mol. The highest BCUT2D eigenvalue weighted by Gasteiger charge is 2.36. The molecule has 2 amide bonds. The van der Waals surface area contributed by atoms with Crippen LogP contribution in [0.4, 0.5) is 14.5 Å². The maximum absolute atomic E-state index is 15.2. The molecule has 0 unspecified atom stereocenters. The summed E-state index contributed by atoms with van der Waals surface area (Å²) in [5.74, 6) is -2.38. The summed E-state index contributed by atoms with van der Waals surface area (Å²) < 4.78 is 57.6. The quantitative estimate of drug-likeness (QED) is 0.212. The molecule has 0 aromatic heterocycles. The molecule has 1 N–H and O–H groups in total. The van der Waals surface area contributed by atoms with Crippen LogP contribution in [-0.4, -0.2) is 43.8 Å². The summed E-state index contributed by atoms with van der Waals surface area (Å²) in [5, 5.41) is 3.09. The summed E-state index contributed by atoms with van der Waals surface area (Å²) in [6, 6.07) is 26.5. The smallest absolute Gasteiger partial charge is 0.264 e. The van der Waals surface area contributed by atoms with Crippen molar-refractivity contribution < 1.29 is 26.8 Å². The number of hydrogen-bond acceptors (Lipinski definition) is 4. The SMILES string of the molecule is O=C(NC1CCCC1)[C@@H](Cc1ccccc1)N(Cc1ccc(F)cc1)C(=O)CN(c1ccccc1F)S(=O)(=O)c1ccccc1. The molecule has 0 spiro atoms. The molecule has 45 heavy (non-hydrogen) atoms. The molecule has 1 saturated carbocycles. The van der Waals surface area contributed by atoms with Gasteiger partial charge in [-0.2, -0.15) is 0 Å². The summed E-state index contributed by atoms with van der Waals surface area (Å²) in [6.45, 7) is -0.882. The topological polar surface area (TPSA) is 86.8 Å². The highest BCUT2D eigenvalue weighted by atomic mass is 32.2. The van der Waals surface area contributed by atoms with Gasteiger partial charge in [0, 0.05) is 19.0 Å². The lowest BCUT2D eigenvalue weighted by Gasteiger charge is -2.34. The third kappa shape index (κ3) is 7.94. The van der Waals surface area contributed by atoms with E-state index in [9.17, 15) is 22.4 Å². The minimum atomic E-state index is -4.41. The zero-order valence-electron chi connectivity index (χ0n) is 24.7. The molecule has 4 aromatic carbocycles. The Bertz CT molecular complexity index is 1700. The Hall–Kier alpha value is -4.57. The molecule has 1 aliphatic carbocycles. The van der Waals surface area contributed by atoms with Gasteiger partial charge >= 0.3 is 0 Å². The molecule has 0 aliphatic heterocycles. The first-order valence-corrected chi connectivity index (χ1v) is 16.4. The number of hydrogen-bond donors (Lipinski definition) is 1. The van der Waals surface area contributed by atoms with Gasteiger partial charge in [-0.15, -0.1) is 0 Å². The largest absolute Gasteiger partial charge is 0.352 e. The maximum Gasteiger partial charge on any atom is 0.264 e. The average Bonchev–Trinajstić information content (AvgIpc) is 3.56. The first kappa shape index (κ1) is 31.8. The van der Waals surface area contributed by atoms with E-state index >= 15 is 4.39 Å². The van der Waals surface area contributed by atoms with E-state index in [1.54, 1.807) is 18.2 Å². The van der Waals surface area contributed by atoms with Gasteiger partial charge < -0.3 is 10.2 Å². The van der Waals surface area contributed by atoms with Gasteiger partial charge in [-0.3, -0.25) is 13.9 Å². The number of anilines is 1. The predicted molar refractivity (Wildman–Crippen MR) is 169 cm³/mol. The van der Waals surface area contributed by atoms with Crippen LogP contribution in [0.5, 0.6) is 0 Å². The number of nitrogens with zero attached hydrogens (tertiary/aromatic N) is 2. The lowest BCUT2D eigenvalue weighted by atomic mass is 10.0. The number of nitrogens with one attached hydrogen (secondary N) is 1. The van der Waals surface area contributed by atoms with E-state index in [0.717, 1.165) is 41.6 Å². The van der Waals surface area contributed by atoms with Crippen molar-refractivity contribution in [1.29, 1.82) is 0 Å². The van der Waals surface area contributed by atoms with Crippen molar-refractivity contribution >= 4 is 27.5 Å². The van der Waals surface area contributed by atoms with E-state index in [4.69, 9.17) is 0 Å². The van der Waals surface area contributed by atoms with Crippen LogP contribution in [0.15, 0.2) is 114 Å². The number of sulfonamides is 1. The summed E-state index contributed by atoms with van der Waals surface area (Å²) in [7, 11) is -4.41. The molecular weight excluding hydrogens is 596 g/mol. The lowest BCUT2D eigenvalue weighted by molar-refractivity contribution is -0.140. The fraction of sp³-hybridized carbons (Fsp3) is 0.257. The Kier molecular flexibility index (Phi) is 10.2. The van der Waals surface area contributed by atoms with E-state index in [1.807, 2.05) is 30.3 Å². The van der Waals surface area contributed by atoms with E-state index in [2.05, 4.69) is 5.32 Å². The van der Waals surface area contributed by atoms with Crippen LogP contribution in [-0.2, 0) is 32.6 Å². The molecule has 4 aromatic rings. The monoisotopic (exact) mass is 631 g/mol. The first-order valence-electron chi connectivity index (χ1n) is 14.9. The van der Waals surface area contributed by atoms with Gasteiger partial charge in [0.1, 0.15) is 24.2 Å². The first-order chi connectivity index (χ1) is 21.7. The predicted octanol–water partition coefficient (Wildman–Crippen LogP) is 5.86. The second-order valence-corrected chi connectivity index (χ2v) is 13.0. The number of halogens is 2. The Morgan fingerprint density at radius 3 is 2.02 bits per heavy atom. The second kappa shape index (κ2) is 14.5. The summed E-state index contributed by atoms with van der Waals surface area (Å²) in [4.78, 5) is 29.6. The van der Waals surface area contributed by atoms with E-state index in [0.29, 0.717) is 5.56 Å². The minimum absolute atomic E-state index is 0.0353. The zero-order valence-corrected chi connectivity index (χ0v) is 25.5. The van der Waals surface area contributed by atoms with Crippen molar-refractivity contribution in [1.82, 2.24) is 10.2 Å². The van der Waals surface area contributed by atoms with Crippen molar-refractivity contribution in [2.45, 2.75) is 55.6 Å². The van der Waals surface area contributed by atoms with Gasteiger partial charge in [-0.1, -0.05) is 85.6 Å². The molecular formula is C35H35F2N3O4S. The van der Waals surface area contributed by atoms with Gasteiger partial charge in [-0.05, 0) is 60.4 Å². The molecule has 10 heteroatoms. The Labute approximate surface area is 262 Å². The van der Waals surface area contributed by atoms with E-state index in [-0.39, 0.29) is 35.5 Å². The highest BCUT2D eigenvalue weighted by molar-refractivity contribution is 7.92. The van der Waals surface area contributed by atoms with Gasteiger partial charge in [0.15, 0.2) is 0 Å². The Balaban J connectivity index is 1.56. The number of rotatable bonds is 12. The van der Waals surface area contributed by atoms with Crippen LogP contribution in [0.2, 0.25) is 0 Å². The molecule has 0 heterocycles. The fourth-order valence-electron chi connectivity index (χ4n) is 5.60. The summed E-state index contributed by atoms with van der Waals surface area (Å²) in [5.41, 5.74) is 1.04. The van der Waals surface area contributed by atoms with Crippen molar-refractivity contribution in [3.8, 4) is 0 Å². The molecule has 5 rings (SSSR count). The molecule has 1 fully saturated rings. The normalized spacial score (nSPS) is 14.1. The number of carbonyl (C=O) groups excluding carboxylic acids is 2. The summed E-state index contributed by atoms with van der Waals surface area (Å²) in [6.07, 6.45) is 3.78. The third-order valence-corrected chi connectivity index (χ3v) is 9.74. The molecule has 0 radical (unpaired) electrons. The minimum Gasteiger partial charge on any atom is -0.352 e. The number of amides is 2. The van der Waals surface area contributed by atoms with Crippen LogP contribution >= 0.6 is 0 Å². The van der Waals surface area contributed by atoms with Gasteiger partial charge in [0.25, 0.3) is 10.0 Å². The van der Waals surface area contributed by atoms with Crippen LogP contribution in [0.1, 0.15) is 36.8 Å². The van der Waals surface area contributed by atoms with Crippen molar-refractivity contribution in [3.05, 3.63) is 132 Å². The van der Waals surface area contributed by atoms with Gasteiger partial charge in [-0.25, -0.2) is 17.2 Å². The van der Waals surface area contributed by atoms with Crippen LogP contribution in [0, 0.1) is 11.6 Å². The standard InChI is InChI=1S/C35H35F2N3O4S/c36-28-21-19-27(20-22-28)24-39(33(23-26-11-3-1-4-12-26)35(42)38-29-13-7-8-14-29)34(41)25-40(32-18-10-9-17-31(32)37)45(43,44)30-15-5-2-6-16-30/h1-6,9-12,15-22,29,33H,7-8,13-14,23-25H2,(H,38,42)/t33-/m1/s1.